The average molecular weight is 192 g/mol. The molecule has 6 nitrogen and oxygen atoms in total. The van der Waals surface area contributed by atoms with E-state index in [0.717, 1.165) is 0 Å². The second-order valence-corrected chi connectivity index (χ2v) is 2.25. The van der Waals surface area contributed by atoms with Crippen molar-refractivity contribution in [2.24, 2.45) is 0 Å². The zero-order valence-electron chi connectivity index (χ0n) is 7.18. The SMILES string of the molecule is O=Cc1cnc[nH]1.O=Cc1cnc[nH]1. The van der Waals surface area contributed by atoms with Gasteiger partial charge in [0.15, 0.2) is 12.6 Å². The number of hydrogen-bond acceptors (Lipinski definition) is 4. The first-order valence-corrected chi connectivity index (χ1v) is 3.74. The van der Waals surface area contributed by atoms with E-state index in [-0.39, 0.29) is 0 Å². The van der Waals surface area contributed by atoms with E-state index in [0.29, 0.717) is 24.0 Å². The number of imidazole rings is 2. The van der Waals surface area contributed by atoms with Gasteiger partial charge in [-0.2, -0.15) is 0 Å². The third-order valence-corrected chi connectivity index (χ3v) is 1.29. The van der Waals surface area contributed by atoms with Gasteiger partial charge in [-0.05, 0) is 0 Å². The molecule has 0 atom stereocenters. The first kappa shape index (κ1) is 9.85. The summed E-state index contributed by atoms with van der Waals surface area (Å²) in [6.45, 7) is 0. The van der Waals surface area contributed by atoms with Crippen LogP contribution in [0.5, 0.6) is 0 Å². The summed E-state index contributed by atoms with van der Waals surface area (Å²) >= 11 is 0. The van der Waals surface area contributed by atoms with Crippen LogP contribution in [0.4, 0.5) is 0 Å². The van der Waals surface area contributed by atoms with E-state index in [1.807, 2.05) is 0 Å². The Labute approximate surface area is 79.4 Å². The van der Waals surface area contributed by atoms with Crippen LogP contribution in [0.3, 0.4) is 0 Å². The molecule has 2 aromatic heterocycles. The number of hydrogen-bond donors (Lipinski definition) is 2. The summed E-state index contributed by atoms with van der Waals surface area (Å²) in [5.41, 5.74) is 1.03. The molecule has 72 valence electrons. The molecule has 2 aromatic rings. The molecule has 0 amide bonds. The Morgan fingerprint density at radius 2 is 1.36 bits per heavy atom. The van der Waals surface area contributed by atoms with Crippen molar-refractivity contribution in [2.75, 3.05) is 0 Å². The van der Waals surface area contributed by atoms with E-state index in [2.05, 4.69) is 19.9 Å². The van der Waals surface area contributed by atoms with Crippen LogP contribution in [0.1, 0.15) is 21.0 Å². The van der Waals surface area contributed by atoms with Gasteiger partial charge in [0.1, 0.15) is 0 Å². The molecule has 0 saturated heterocycles. The molecule has 2 rings (SSSR count). The second kappa shape index (κ2) is 5.41. The molecular formula is C8H8N4O2. The van der Waals surface area contributed by atoms with Gasteiger partial charge < -0.3 is 9.97 Å². The molecule has 0 aromatic carbocycles. The number of H-pyrrole nitrogens is 2. The van der Waals surface area contributed by atoms with Crippen molar-refractivity contribution in [3.8, 4) is 0 Å². The van der Waals surface area contributed by atoms with Gasteiger partial charge in [0.2, 0.25) is 0 Å². The van der Waals surface area contributed by atoms with Crippen molar-refractivity contribution >= 4 is 12.6 Å². The first-order chi connectivity index (χ1) is 6.86. The fourth-order valence-electron chi connectivity index (χ4n) is 0.662. The Kier molecular flexibility index (Phi) is 3.81. The van der Waals surface area contributed by atoms with Crippen LogP contribution in [-0.4, -0.2) is 32.5 Å². The predicted octanol–water partition coefficient (Wildman–Crippen LogP) is 0.444. The highest BCUT2D eigenvalue weighted by atomic mass is 16.1. The number of aromatic amines is 2. The third-order valence-electron chi connectivity index (χ3n) is 1.29. The maximum atomic E-state index is 9.80. The van der Waals surface area contributed by atoms with Crippen molar-refractivity contribution < 1.29 is 9.59 Å². The van der Waals surface area contributed by atoms with Crippen molar-refractivity contribution in [2.45, 2.75) is 0 Å². The maximum Gasteiger partial charge on any atom is 0.167 e. The van der Waals surface area contributed by atoms with Gasteiger partial charge in [0.05, 0.1) is 36.4 Å². The molecule has 2 heterocycles. The molecule has 0 spiro atoms. The van der Waals surface area contributed by atoms with Gasteiger partial charge >= 0.3 is 0 Å². The fraction of sp³-hybridized carbons (Fsp3) is 0. The number of nitrogens with zero attached hydrogens (tertiary/aromatic N) is 2. The Bertz CT molecular complexity index is 328. The smallest absolute Gasteiger partial charge is 0.167 e. The molecule has 0 aliphatic carbocycles. The molecule has 2 N–H and O–H groups in total. The summed E-state index contributed by atoms with van der Waals surface area (Å²) in [5, 5.41) is 0. The Hall–Kier alpha value is -2.24. The van der Waals surface area contributed by atoms with E-state index in [1.165, 1.54) is 25.0 Å². The summed E-state index contributed by atoms with van der Waals surface area (Å²) in [7, 11) is 0. The number of aldehydes is 2. The lowest BCUT2D eigenvalue weighted by atomic mass is 10.6. The van der Waals surface area contributed by atoms with Crippen molar-refractivity contribution in [3.05, 3.63) is 36.4 Å². The summed E-state index contributed by atoms with van der Waals surface area (Å²) < 4.78 is 0. The van der Waals surface area contributed by atoms with Crippen LogP contribution >= 0.6 is 0 Å². The van der Waals surface area contributed by atoms with Crippen LogP contribution in [0.15, 0.2) is 25.0 Å². The average Bonchev–Trinajstić information content (AvgIpc) is 2.92. The lowest BCUT2D eigenvalue weighted by Crippen LogP contribution is -1.72. The molecule has 14 heavy (non-hydrogen) atoms. The molecule has 0 fully saturated rings. The second-order valence-electron chi connectivity index (χ2n) is 2.25. The third kappa shape index (κ3) is 3.02. The van der Waals surface area contributed by atoms with E-state index < -0.39 is 0 Å². The van der Waals surface area contributed by atoms with Gasteiger partial charge in [-0.1, -0.05) is 0 Å². The Morgan fingerprint density at radius 1 is 0.929 bits per heavy atom. The van der Waals surface area contributed by atoms with E-state index in [9.17, 15) is 9.59 Å². The Balaban J connectivity index is 0.000000140. The number of carbonyl (C=O) groups is 2. The van der Waals surface area contributed by atoms with Crippen LogP contribution in [0.25, 0.3) is 0 Å². The van der Waals surface area contributed by atoms with E-state index >= 15 is 0 Å². The highest BCUT2D eigenvalue weighted by molar-refractivity contribution is 5.71. The highest BCUT2D eigenvalue weighted by Crippen LogP contribution is 1.80. The zero-order valence-corrected chi connectivity index (χ0v) is 7.18. The van der Waals surface area contributed by atoms with Crippen LogP contribution < -0.4 is 0 Å². The van der Waals surface area contributed by atoms with E-state index in [4.69, 9.17) is 0 Å². The quantitative estimate of drug-likeness (QED) is 0.675. The molecule has 0 aliphatic rings. The van der Waals surface area contributed by atoms with Crippen LogP contribution in [0, 0.1) is 0 Å². The largest absolute Gasteiger partial charge is 0.342 e. The lowest BCUT2D eigenvalue weighted by molar-refractivity contribution is 0.111. The maximum absolute atomic E-state index is 9.80. The fourth-order valence-corrected chi connectivity index (χ4v) is 0.662. The molecule has 0 aliphatic heterocycles. The number of carbonyl (C=O) groups excluding carboxylic acids is 2. The predicted molar refractivity (Wildman–Crippen MR) is 48.0 cm³/mol. The topological polar surface area (TPSA) is 91.5 Å². The first-order valence-electron chi connectivity index (χ1n) is 3.74. The van der Waals surface area contributed by atoms with Crippen molar-refractivity contribution in [1.82, 2.24) is 19.9 Å². The minimum atomic E-state index is 0.514. The van der Waals surface area contributed by atoms with Gasteiger partial charge in [0, 0.05) is 0 Å². The molecule has 6 heteroatoms. The normalized spacial score (nSPS) is 8.57. The summed E-state index contributed by atoms with van der Waals surface area (Å²) in [6.07, 6.45) is 7.29. The van der Waals surface area contributed by atoms with Crippen LogP contribution in [-0.2, 0) is 0 Å². The minimum absolute atomic E-state index is 0.514. The number of aromatic nitrogens is 4. The molecule has 0 bridgehead atoms. The molecule has 0 saturated carbocycles. The van der Waals surface area contributed by atoms with Crippen LogP contribution in [0.2, 0.25) is 0 Å². The van der Waals surface area contributed by atoms with Gasteiger partial charge in [-0.3, -0.25) is 9.59 Å². The number of nitrogens with one attached hydrogen (secondary N) is 2. The minimum Gasteiger partial charge on any atom is -0.342 e. The highest BCUT2D eigenvalue weighted by Gasteiger charge is 1.83. The number of rotatable bonds is 2. The monoisotopic (exact) mass is 192 g/mol. The lowest BCUT2D eigenvalue weighted by Gasteiger charge is -1.67. The van der Waals surface area contributed by atoms with Gasteiger partial charge in [-0.15, -0.1) is 0 Å². The van der Waals surface area contributed by atoms with Gasteiger partial charge in [0.25, 0.3) is 0 Å². The summed E-state index contributed by atoms with van der Waals surface area (Å²) in [6, 6.07) is 0. The standard InChI is InChI=1S/2C4H4N2O/c2*7-2-4-1-5-3-6-4/h2*1-3H,(H,5,6). The summed E-state index contributed by atoms with van der Waals surface area (Å²) in [5.74, 6) is 0. The van der Waals surface area contributed by atoms with Crippen molar-refractivity contribution in [1.29, 1.82) is 0 Å². The van der Waals surface area contributed by atoms with Crippen molar-refractivity contribution in [3.63, 3.8) is 0 Å². The molecular weight excluding hydrogens is 184 g/mol. The Morgan fingerprint density at radius 3 is 1.50 bits per heavy atom. The molecule has 0 unspecified atom stereocenters. The zero-order chi connectivity index (χ0) is 10.2. The summed E-state index contributed by atoms with van der Waals surface area (Å²) in [4.78, 5) is 32.0. The van der Waals surface area contributed by atoms with Gasteiger partial charge in [-0.25, -0.2) is 9.97 Å². The molecule has 0 radical (unpaired) electrons. The van der Waals surface area contributed by atoms with E-state index in [1.54, 1.807) is 0 Å².